The summed E-state index contributed by atoms with van der Waals surface area (Å²) < 4.78 is 5.71. The van der Waals surface area contributed by atoms with Crippen LogP contribution in [-0.2, 0) is 6.61 Å². The van der Waals surface area contributed by atoms with Gasteiger partial charge in [-0.15, -0.1) is 5.10 Å². The molecule has 2 aromatic carbocycles. The maximum Gasteiger partial charge on any atom is 0.134 e. The van der Waals surface area contributed by atoms with E-state index in [9.17, 15) is 0 Å². The van der Waals surface area contributed by atoms with Gasteiger partial charge in [0.05, 0.1) is 11.4 Å². The molecule has 0 amide bonds. The molecule has 0 bridgehead atoms. The zero-order valence-electron chi connectivity index (χ0n) is 11.7. The summed E-state index contributed by atoms with van der Waals surface area (Å²) in [7, 11) is 0. The van der Waals surface area contributed by atoms with Crippen molar-refractivity contribution in [3.05, 3.63) is 66.0 Å². The van der Waals surface area contributed by atoms with Crippen molar-refractivity contribution in [1.82, 2.24) is 15.0 Å². The van der Waals surface area contributed by atoms with E-state index in [-0.39, 0.29) is 0 Å². The summed E-state index contributed by atoms with van der Waals surface area (Å²) in [5.74, 6) is 0.726. The Hall–Kier alpha value is -2.82. The Labute approximate surface area is 123 Å². The fraction of sp³-hybridized carbons (Fsp3) is 0.125. The van der Waals surface area contributed by atoms with E-state index in [1.54, 1.807) is 10.9 Å². The number of aryl methyl sites for hydroxylation is 1. The minimum atomic E-state index is 0.363. The molecular formula is C16H16N4O. The quantitative estimate of drug-likeness (QED) is 0.746. The normalized spacial score (nSPS) is 10.5. The second-order valence-electron chi connectivity index (χ2n) is 4.72. The molecule has 5 nitrogen and oxygen atoms in total. The summed E-state index contributed by atoms with van der Waals surface area (Å²) in [4.78, 5) is 1.62. The molecule has 2 N–H and O–H groups in total. The van der Waals surface area contributed by atoms with Crippen molar-refractivity contribution < 1.29 is 4.74 Å². The standard InChI is InChI=1S/C16H16N4O/c1-12-16(11-21-15-9-5-6-13(17)10-15)19-20(18-12)14-7-3-2-4-8-14/h2-10H,11,17H2,1H3. The highest BCUT2D eigenvalue weighted by atomic mass is 16.5. The van der Waals surface area contributed by atoms with Gasteiger partial charge in [0.15, 0.2) is 0 Å². The predicted molar refractivity (Wildman–Crippen MR) is 81.3 cm³/mol. The molecular weight excluding hydrogens is 264 g/mol. The highest BCUT2D eigenvalue weighted by Crippen LogP contribution is 2.16. The van der Waals surface area contributed by atoms with Crippen LogP contribution in [0, 0.1) is 6.92 Å². The van der Waals surface area contributed by atoms with Crippen LogP contribution in [0.1, 0.15) is 11.4 Å². The summed E-state index contributed by atoms with van der Waals surface area (Å²) in [6.45, 7) is 2.28. The molecule has 21 heavy (non-hydrogen) atoms. The van der Waals surface area contributed by atoms with Crippen molar-refractivity contribution in [2.24, 2.45) is 0 Å². The van der Waals surface area contributed by atoms with Gasteiger partial charge in [0.2, 0.25) is 0 Å². The molecule has 0 aliphatic heterocycles. The first-order valence-electron chi connectivity index (χ1n) is 6.69. The number of benzene rings is 2. The molecule has 0 unspecified atom stereocenters. The number of aromatic nitrogens is 3. The third-order valence-corrected chi connectivity index (χ3v) is 3.10. The molecule has 0 aliphatic carbocycles. The molecule has 0 fully saturated rings. The topological polar surface area (TPSA) is 66.0 Å². The summed E-state index contributed by atoms with van der Waals surface area (Å²) >= 11 is 0. The molecule has 0 saturated heterocycles. The lowest BCUT2D eigenvalue weighted by Crippen LogP contribution is -2.01. The Morgan fingerprint density at radius 2 is 1.86 bits per heavy atom. The fourth-order valence-electron chi connectivity index (χ4n) is 1.97. The van der Waals surface area contributed by atoms with Crippen LogP contribution in [0.3, 0.4) is 0 Å². The maximum absolute atomic E-state index is 5.73. The highest BCUT2D eigenvalue weighted by Gasteiger charge is 2.09. The van der Waals surface area contributed by atoms with Gasteiger partial charge in [-0.05, 0) is 31.2 Å². The third kappa shape index (κ3) is 3.02. The van der Waals surface area contributed by atoms with Gasteiger partial charge in [0.25, 0.3) is 0 Å². The largest absolute Gasteiger partial charge is 0.487 e. The van der Waals surface area contributed by atoms with E-state index in [1.165, 1.54) is 0 Å². The van der Waals surface area contributed by atoms with Gasteiger partial charge in [-0.25, -0.2) is 0 Å². The minimum Gasteiger partial charge on any atom is -0.487 e. The van der Waals surface area contributed by atoms with Crippen molar-refractivity contribution in [3.8, 4) is 11.4 Å². The Morgan fingerprint density at radius 3 is 2.62 bits per heavy atom. The number of hydrogen-bond acceptors (Lipinski definition) is 4. The zero-order chi connectivity index (χ0) is 14.7. The highest BCUT2D eigenvalue weighted by molar-refractivity contribution is 5.43. The average molecular weight is 280 g/mol. The van der Waals surface area contributed by atoms with Crippen LogP contribution in [-0.4, -0.2) is 15.0 Å². The van der Waals surface area contributed by atoms with Gasteiger partial charge in [-0.1, -0.05) is 24.3 Å². The molecule has 3 rings (SSSR count). The lowest BCUT2D eigenvalue weighted by molar-refractivity contribution is 0.300. The smallest absolute Gasteiger partial charge is 0.134 e. The van der Waals surface area contributed by atoms with E-state index in [0.29, 0.717) is 12.3 Å². The van der Waals surface area contributed by atoms with Crippen LogP contribution in [0.15, 0.2) is 54.6 Å². The molecule has 0 spiro atoms. The van der Waals surface area contributed by atoms with Crippen LogP contribution < -0.4 is 10.5 Å². The van der Waals surface area contributed by atoms with Gasteiger partial charge in [0.1, 0.15) is 18.1 Å². The first-order valence-corrected chi connectivity index (χ1v) is 6.69. The number of nitrogens with two attached hydrogens (primary N) is 1. The van der Waals surface area contributed by atoms with Gasteiger partial charge in [0, 0.05) is 11.8 Å². The Morgan fingerprint density at radius 1 is 1.05 bits per heavy atom. The fourth-order valence-corrected chi connectivity index (χ4v) is 1.97. The van der Waals surface area contributed by atoms with E-state index in [0.717, 1.165) is 22.8 Å². The Balaban J connectivity index is 1.76. The molecule has 106 valence electrons. The van der Waals surface area contributed by atoms with E-state index in [1.807, 2.05) is 55.5 Å². The molecule has 1 aromatic heterocycles. The second-order valence-corrected chi connectivity index (χ2v) is 4.72. The third-order valence-electron chi connectivity index (χ3n) is 3.10. The van der Waals surface area contributed by atoms with E-state index in [2.05, 4.69) is 10.2 Å². The number of nitrogens with zero attached hydrogens (tertiary/aromatic N) is 3. The molecule has 0 atom stereocenters. The number of anilines is 1. The second kappa shape index (κ2) is 5.66. The van der Waals surface area contributed by atoms with E-state index < -0.39 is 0 Å². The van der Waals surface area contributed by atoms with Gasteiger partial charge in [-0.2, -0.15) is 9.90 Å². The lowest BCUT2D eigenvalue weighted by Gasteiger charge is -2.04. The number of nitrogen functional groups attached to an aromatic ring is 1. The lowest BCUT2D eigenvalue weighted by atomic mass is 10.3. The van der Waals surface area contributed by atoms with Crippen LogP contribution in [0.4, 0.5) is 5.69 Å². The van der Waals surface area contributed by atoms with Crippen molar-refractivity contribution in [2.75, 3.05) is 5.73 Å². The summed E-state index contributed by atoms with van der Waals surface area (Å²) in [5, 5.41) is 8.88. The van der Waals surface area contributed by atoms with Gasteiger partial charge >= 0.3 is 0 Å². The molecule has 3 aromatic rings. The minimum absolute atomic E-state index is 0.363. The van der Waals surface area contributed by atoms with Crippen molar-refractivity contribution in [3.63, 3.8) is 0 Å². The summed E-state index contributed by atoms with van der Waals surface area (Å²) in [6, 6.07) is 17.1. The van der Waals surface area contributed by atoms with Crippen molar-refractivity contribution in [2.45, 2.75) is 13.5 Å². The Bertz CT molecular complexity index is 737. The van der Waals surface area contributed by atoms with Gasteiger partial charge < -0.3 is 10.5 Å². The molecule has 0 radical (unpaired) electrons. The van der Waals surface area contributed by atoms with Gasteiger partial charge in [-0.3, -0.25) is 0 Å². The van der Waals surface area contributed by atoms with Crippen molar-refractivity contribution >= 4 is 5.69 Å². The SMILES string of the molecule is Cc1nn(-c2ccccc2)nc1COc1cccc(N)c1. The van der Waals surface area contributed by atoms with Crippen LogP contribution in [0.25, 0.3) is 5.69 Å². The van der Waals surface area contributed by atoms with Crippen LogP contribution in [0.5, 0.6) is 5.75 Å². The van der Waals surface area contributed by atoms with E-state index >= 15 is 0 Å². The number of ether oxygens (including phenoxy) is 1. The predicted octanol–water partition coefficient (Wildman–Crippen LogP) is 2.74. The summed E-state index contributed by atoms with van der Waals surface area (Å²) in [5.41, 5.74) is 8.99. The first-order chi connectivity index (χ1) is 10.2. The molecule has 5 heteroatoms. The van der Waals surface area contributed by atoms with Crippen LogP contribution >= 0.6 is 0 Å². The summed E-state index contributed by atoms with van der Waals surface area (Å²) in [6.07, 6.45) is 0. The van der Waals surface area contributed by atoms with Crippen LogP contribution in [0.2, 0.25) is 0 Å². The number of hydrogen-bond donors (Lipinski definition) is 1. The van der Waals surface area contributed by atoms with Crippen molar-refractivity contribution in [1.29, 1.82) is 0 Å². The van der Waals surface area contributed by atoms with E-state index in [4.69, 9.17) is 10.5 Å². The number of rotatable bonds is 4. The number of para-hydroxylation sites is 1. The average Bonchev–Trinajstić information content (AvgIpc) is 2.87. The molecule has 0 aliphatic rings. The maximum atomic E-state index is 5.73. The molecule has 1 heterocycles. The Kier molecular flexibility index (Phi) is 3.55. The monoisotopic (exact) mass is 280 g/mol. The zero-order valence-corrected chi connectivity index (χ0v) is 11.7. The molecule has 0 saturated carbocycles. The first kappa shape index (κ1) is 13.2.